The zero-order valence-corrected chi connectivity index (χ0v) is 12.4. The molecule has 0 bridgehead atoms. The van der Waals surface area contributed by atoms with Crippen molar-refractivity contribution in [1.29, 1.82) is 0 Å². The second-order valence-corrected chi connectivity index (χ2v) is 5.37. The van der Waals surface area contributed by atoms with Gasteiger partial charge < -0.3 is 14.6 Å². The zero-order chi connectivity index (χ0) is 14.8. The van der Waals surface area contributed by atoms with Crippen molar-refractivity contribution in [2.45, 2.75) is 25.8 Å². The van der Waals surface area contributed by atoms with Crippen molar-refractivity contribution in [3.05, 3.63) is 35.9 Å². The molecule has 0 aromatic carbocycles. The van der Waals surface area contributed by atoms with Gasteiger partial charge >= 0.3 is 0 Å². The normalized spacial score (nSPS) is 18.2. The van der Waals surface area contributed by atoms with E-state index in [-0.39, 0.29) is 11.9 Å². The van der Waals surface area contributed by atoms with E-state index in [1.54, 1.807) is 10.7 Å². The van der Waals surface area contributed by atoms with Crippen LogP contribution in [0.1, 0.15) is 29.7 Å². The van der Waals surface area contributed by atoms with Crippen molar-refractivity contribution in [3.63, 3.8) is 0 Å². The number of anilines is 1. The molecule has 0 radical (unpaired) electrons. The Hall–Kier alpha value is -2.24. The number of nitrogens with one attached hydrogen (secondary N) is 1. The number of aromatic nitrogens is 2. The lowest BCUT2D eigenvalue weighted by Gasteiger charge is -2.15. The molecule has 0 aliphatic carbocycles. The lowest BCUT2D eigenvalue weighted by Crippen LogP contribution is -2.37. The molecule has 1 aliphatic heterocycles. The van der Waals surface area contributed by atoms with Crippen LogP contribution in [0.3, 0.4) is 0 Å². The van der Waals surface area contributed by atoms with Gasteiger partial charge in [-0.1, -0.05) is 6.92 Å². The fourth-order valence-corrected chi connectivity index (χ4v) is 2.60. The minimum Gasteiger partial charge on any atom is -0.456 e. The van der Waals surface area contributed by atoms with Crippen LogP contribution in [-0.4, -0.2) is 34.8 Å². The molecular formula is C15H20N4O2. The first-order valence-electron chi connectivity index (χ1n) is 7.30. The van der Waals surface area contributed by atoms with E-state index in [4.69, 9.17) is 4.42 Å². The largest absolute Gasteiger partial charge is 0.456 e. The van der Waals surface area contributed by atoms with Crippen LogP contribution in [-0.2, 0) is 13.5 Å². The maximum Gasteiger partial charge on any atom is 0.287 e. The summed E-state index contributed by atoms with van der Waals surface area (Å²) in [4.78, 5) is 14.3. The molecule has 1 N–H and O–H groups in total. The molecular weight excluding hydrogens is 268 g/mol. The number of hydrogen-bond donors (Lipinski definition) is 1. The van der Waals surface area contributed by atoms with Crippen molar-refractivity contribution in [2.75, 3.05) is 18.0 Å². The van der Waals surface area contributed by atoms with E-state index in [0.717, 1.165) is 37.5 Å². The van der Waals surface area contributed by atoms with Gasteiger partial charge in [0.2, 0.25) is 0 Å². The van der Waals surface area contributed by atoms with Crippen LogP contribution in [0.4, 0.5) is 5.82 Å². The lowest BCUT2D eigenvalue weighted by molar-refractivity contribution is 0.0910. The second-order valence-electron chi connectivity index (χ2n) is 5.37. The Balaban J connectivity index is 1.58. The van der Waals surface area contributed by atoms with E-state index in [1.165, 1.54) is 0 Å². The molecule has 1 atom stereocenters. The summed E-state index contributed by atoms with van der Waals surface area (Å²) in [5.74, 6) is 2.05. The smallest absolute Gasteiger partial charge is 0.287 e. The number of furan rings is 1. The predicted molar refractivity (Wildman–Crippen MR) is 79.4 cm³/mol. The minimum absolute atomic E-state index is 0.134. The Morgan fingerprint density at radius 3 is 3.00 bits per heavy atom. The fourth-order valence-electron chi connectivity index (χ4n) is 2.60. The number of carbonyl (C=O) groups excluding carboxylic acids is 1. The molecule has 6 nitrogen and oxygen atoms in total. The summed E-state index contributed by atoms with van der Waals surface area (Å²) in [6, 6.07) is 5.71. The third-order valence-electron chi connectivity index (χ3n) is 3.78. The first-order chi connectivity index (χ1) is 10.2. The van der Waals surface area contributed by atoms with Crippen LogP contribution < -0.4 is 10.2 Å². The standard InChI is InChI=1S/C15H20N4O2/c1-3-12-4-5-13(21-12)15(20)16-11-6-9-19(10-11)14-7-8-18(2)17-14/h4-5,7-8,11H,3,6,9-10H2,1-2H3,(H,16,20)/t11-/m1/s1. The number of aryl methyl sites for hydroxylation is 2. The molecule has 0 saturated carbocycles. The predicted octanol–water partition coefficient (Wildman–Crippen LogP) is 1.58. The highest BCUT2D eigenvalue weighted by Crippen LogP contribution is 2.18. The number of hydrogen-bond acceptors (Lipinski definition) is 4. The van der Waals surface area contributed by atoms with Gasteiger partial charge in [0.05, 0.1) is 0 Å². The van der Waals surface area contributed by atoms with Gasteiger partial charge in [-0.2, -0.15) is 5.10 Å². The molecule has 21 heavy (non-hydrogen) atoms. The van der Waals surface area contributed by atoms with Crippen LogP contribution in [0, 0.1) is 0 Å². The topological polar surface area (TPSA) is 63.3 Å². The molecule has 1 fully saturated rings. The van der Waals surface area contributed by atoms with Crippen molar-refractivity contribution in [2.24, 2.45) is 7.05 Å². The van der Waals surface area contributed by atoms with Crippen LogP contribution in [0.15, 0.2) is 28.8 Å². The monoisotopic (exact) mass is 288 g/mol. The Morgan fingerprint density at radius 2 is 2.33 bits per heavy atom. The van der Waals surface area contributed by atoms with Crippen LogP contribution in [0.25, 0.3) is 0 Å². The van der Waals surface area contributed by atoms with Gasteiger partial charge in [0.25, 0.3) is 5.91 Å². The average molecular weight is 288 g/mol. The van der Waals surface area contributed by atoms with Crippen LogP contribution in [0.2, 0.25) is 0 Å². The van der Waals surface area contributed by atoms with Crippen molar-refractivity contribution >= 4 is 11.7 Å². The average Bonchev–Trinajstić information content (AvgIpc) is 3.17. The number of rotatable bonds is 4. The van der Waals surface area contributed by atoms with Crippen molar-refractivity contribution in [1.82, 2.24) is 15.1 Å². The molecule has 0 spiro atoms. The van der Waals surface area contributed by atoms with Gasteiger partial charge in [0, 0.05) is 44.9 Å². The summed E-state index contributed by atoms with van der Waals surface area (Å²) in [6.45, 7) is 3.69. The molecule has 6 heteroatoms. The summed E-state index contributed by atoms with van der Waals surface area (Å²) in [5.41, 5.74) is 0. The summed E-state index contributed by atoms with van der Waals surface area (Å²) >= 11 is 0. The molecule has 1 aliphatic rings. The van der Waals surface area contributed by atoms with Gasteiger partial charge in [0.1, 0.15) is 5.76 Å². The first-order valence-corrected chi connectivity index (χ1v) is 7.30. The number of nitrogens with zero attached hydrogens (tertiary/aromatic N) is 3. The van der Waals surface area contributed by atoms with Gasteiger partial charge in [-0.25, -0.2) is 0 Å². The molecule has 3 rings (SSSR count). The Morgan fingerprint density at radius 1 is 1.48 bits per heavy atom. The summed E-state index contributed by atoms with van der Waals surface area (Å²) < 4.78 is 7.27. The molecule has 3 heterocycles. The maximum absolute atomic E-state index is 12.1. The number of amides is 1. The van der Waals surface area contributed by atoms with E-state index in [1.807, 2.05) is 32.3 Å². The van der Waals surface area contributed by atoms with Gasteiger partial charge in [-0.3, -0.25) is 9.48 Å². The van der Waals surface area contributed by atoms with E-state index >= 15 is 0 Å². The summed E-state index contributed by atoms with van der Waals surface area (Å²) in [7, 11) is 1.90. The second kappa shape index (κ2) is 5.63. The Labute approximate surface area is 123 Å². The van der Waals surface area contributed by atoms with Gasteiger partial charge in [-0.05, 0) is 18.6 Å². The molecule has 112 valence electrons. The Kier molecular flexibility index (Phi) is 3.68. The quantitative estimate of drug-likeness (QED) is 0.928. The first kappa shape index (κ1) is 13.7. The lowest BCUT2D eigenvalue weighted by atomic mass is 10.2. The third kappa shape index (κ3) is 2.94. The van der Waals surface area contributed by atoms with Gasteiger partial charge in [0.15, 0.2) is 11.6 Å². The van der Waals surface area contributed by atoms with E-state index < -0.39 is 0 Å². The van der Waals surface area contributed by atoms with E-state index in [9.17, 15) is 4.79 Å². The van der Waals surface area contributed by atoms with Crippen molar-refractivity contribution in [3.8, 4) is 0 Å². The molecule has 1 amide bonds. The summed E-state index contributed by atoms with van der Waals surface area (Å²) in [6.07, 6.45) is 3.64. The molecule has 0 unspecified atom stereocenters. The molecule has 2 aromatic rings. The molecule has 2 aromatic heterocycles. The zero-order valence-electron chi connectivity index (χ0n) is 12.4. The van der Waals surface area contributed by atoms with E-state index in [0.29, 0.717) is 5.76 Å². The Bertz CT molecular complexity index is 631. The van der Waals surface area contributed by atoms with Crippen LogP contribution >= 0.6 is 0 Å². The fraction of sp³-hybridized carbons (Fsp3) is 0.467. The highest BCUT2D eigenvalue weighted by Gasteiger charge is 2.26. The number of carbonyl (C=O) groups is 1. The van der Waals surface area contributed by atoms with Gasteiger partial charge in [-0.15, -0.1) is 0 Å². The van der Waals surface area contributed by atoms with Crippen molar-refractivity contribution < 1.29 is 9.21 Å². The molecule has 1 saturated heterocycles. The van der Waals surface area contributed by atoms with Crippen LogP contribution in [0.5, 0.6) is 0 Å². The maximum atomic E-state index is 12.1. The third-order valence-corrected chi connectivity index (χ3v) is 3.78. The summed E-state index contributed by atoms with van der Waals surface area (Å²) in [5, 5.41) is 7.42. The van der Waals surface area contributed by atoms with E-state index in [2.05, 4.69) is 15.3 Å². The SMILES string of the molecule is CCc1ccc(C(=O)N[C@@H]2CCN(c3ccn(C)n3)C2)o1. The highest BCUT2D eigenvalue weighted by molar-refractivity contribution is 5.91. The highest BCUT2D eigenvalue weighted by atomic mass is 16.3. The minimum atomic E-state index is -0.137.